The SMILES string of the molecule is CN(C)CCC(=O)Nc1cc(N)cc(CF)c1. The Labute approximate surface area is 101 Å². The average Bonchev–Trinajstić information content (AvgIpc) is 2.25. The fourth-order valence-electron chi connectivity index (χ4n) is 1.42. The number of anilines is 2. The van der Waals surface area contributed by atoms with Crippen LogP contribution in [0.5, 0.6) is 0 Å². The van der Waals surface area contributed by atoms with Crippen molar-refractivity contribution >= 4 is 17.3 Å². The Bertz CT molecular complexity index is 393. The number of hydrogen-bond acceptors (Lipinski definition) is 3. The van der Waals surface area contributed by atoms with E-state index in [0.717, 1.165) is 0 Å². The molecule has 1 aromatic carbocycles. The fraction of sp³-hybridized carbons (Fsp3) is 0.417. The summed E-state index contributed by atoms with van der Waals surface area (Å²) in [6, 6.07) is 4.76. The number of benzene rings is 1. The van der Waals surface area contributed by atoms with Crippen molar-refractivity contribution in [1.82, 2.24) is 4.90 Å². The lowest BCUT2D eigenvalue weighted by Gasteiger charge is -2.10. The molecule has 0 aromatic heterocycles. The van der Waals surface area contributed by atoms with Gasteiger partial charge in [0.15, 0.2) is 0 Å². The number of carbonyl (C=O) groups excluding carboxylic acids is 1. The van der Waals surface area contributed by atoms with Crippen LogP contribution >= 0.6 is 0 Å². The number of nitrogens with one attached hydrogen (secondary N) is 1. The van der Waals surface area contributed by atoms with Crippen LogP contribution in [-0.2, 0) is 11.5 Å². The molecule has 5 heteroatoms. The molecule has 0 spiro atoms. The molecule has 0 heterocycles. The molecule has 0 aliphatic rings. The van der Waals surface area contributed by atoms with E-state index in [2.05, 4.69) is 5.32 Å². The fourth-order valence-corrected chi connectivity index (χ4v) is 1.42. The monoisotopic (exact) mass is 239 g/mol. The van der Waals surface area contributed by atoms with Gasteiger partial charge in [0.2, 0.25) is 5.91 Å². The molecule has 1 aromatic rings. The van der Waals surface area contributed by atoms with Crippen molar-refractivity contribution in [1.29, 1.82) is 0 Å². The highest BCUT2D eigenvalue weighted by atomic mass is 19.1. The Morgan fingerprint density at radius 2 is 2.12 bits per heavy atom. The van der Waals surface area contributed by atoms with Crippen molar-refractivity contribution in [3.63, 3.8) is 0 Å². The number of carbonyl (C=O) groups is 1. The van der Waals surface area contributed by atoms with Crippen molar-refractivity contribution in [2.45, 2.75) is 13.1 Å². The van der Waals surface area contributed by atoms with Crippen LogP contribution in [0, 0.1) is 0 Å². The first kappa shape index (κ1) is 13.4. The van der Waals surface area contributed by atoms with Gasteiger partial charge >= 0.3 is 0 Å². The standard InChI is InChI=1S/C12H18FN3O/c1-16(2)4-3-12(17)15-11-6-9(8-13)5-10(14)7-11/h5-7H,3-4,8,14H2,1-2H3,(H,15,17). The molecule has 1 amide bonds. The topological polar surface area (TPSA) is 58.4 Å². The number of rotatable bonds is 5. The lowest BCUT2D eigenvalue weighted by molar-refractivity contribution is -0.116. The minimum atomic E-state index is -0.592. The highest BCUT2D eigenvalue weighted by Gasteiger charge is 2.05. The first-order valence-electron chi connectivity index (χ1n) is 5.41. The summed E-state index contributed by atoms with van der Waals surface area (Å²) < 4.78 is 12.5. The van der Waals surface area contributed by atoms with Gasteiger partial charge in [-0.25, -0.2) is 4.39 Å². The number of nitrogens with zero attached hydrogens (tertiary/aromatic N) is 1. The molecule has 17 heavy (non-hydrogen) atoms. The maximum Gasteiger partial charge on any atom is 0.225 e. The summed E-state index contributed by atoms with van der Waals surface area (Å²) >= 11 is 0. The van der Waals surface area contributed by atoms with Gasteiger partial charge in [-0.2, -0.15) is 0 Å². The number of amides is 1. The zero-order valence-electron chi connectivity index (χ0n) is 10.2. The summed E-state index contributed by atoms with van der Waals surface area (Å²) in [4.78, 5) is 13.5. The molecule has 0 aliphatic heterocycles. The zero-order chi connectivity index (χ0) is 12.8. The van der Waals surface area contributed by atoms with Gasteiger partial charge in [0, 0.05) is 24.3 Å². The maximum absolute atomic E-state index is 12.5. The van der Waals surface area contributed by atoms with E-state index < -0.39 is 6.67 Å². The normalized spacial score (nSPS) is 10.6. The van der Waals surface area contributed by atoms with Crippen LogP contribution in [0.15, 0.2) is 18.2 Å². The van der Waals surface area contributed by atoms with E-state index in [1.807, 2.05) is 19.0 Å². The van der Waals surface area contributed by atoms with E-state index in [4.69, 9.17) is 5.73 Å². The van der Waals surface area contributed by atoms with Gasteiger partial charge in [-0.1, -0.05) is 0 Å². The Morgan fingerprint density at radius 3 is 2.71 bits per heavy atom. The Kier molecular flexibility index (Phi) is 4.90. The predicted octanol–water partition coefficient (Wildman–Crippen LogP) is 1.63. The maximum atomic E-state index is 12.5. The summed E-state index contributed by atoms with van der Waals surface area (Å²) in [6.07, 6.45) is 0.396. The van der Waals surface area contributed by atoms with E-state index >= 15 is 0 Å². The summed E-state index contributed by atoms with van der Waals surface area (Å²) in [5, 5.41) is 2.70. The van der Waals surface area contributed by atoms with Crippen molar-refractivity contribution in [2.75, 3.05) is 31.7 Å². The average molecular weight is 239 g/mol. The molecule has 0 fully saturated rings. The van der Waals surface area contributed by atoms with Gasteiger partial charge in [-0.15, -0.1) is 0 Å². The molecule has 0 saturated heterocycles. The second kappa shape index (κ2) is 6.20. The predicted molar refractivity (Wildman–Crippen MR) is 67.5 cm³/mol. The largest absolute Gasteiger partial charge is 0.399 e. The van der Waals surface area contributed by atoms with Gasteiger partial charge in [-0.05, 0) is 37.9 Å². The van der Waals surface area contributed by atoms with Crippen LogP contribution in [0.3, 0.4) is 0 Å². The lowest BCUT2D eigenvalue weighted by atomic mass is 10.2. The number of hydrogen-bond donors (Lipinski definition) is 2. The third-order valence-electron chi connectivity index (χ3n) is 2.24. The summed E-state index contributed by atoms with van der Waals surface area (Å²) in [5.41, 5.74) is 7.06. The third-order valence-corrected chi connectivity index (χ3v) is 2.24. The molecule has 1 rings (SSSR count). The molecular formula is C12H18FN3O. The van der Waals surface area contributed by atoms with E-state index in [-0.39, 0.29) is 5.91 Å². The molecular weight excluding hydrogens is 221 g/mol. The molecule has 0 bridgehead atoms. The molecule has 0 atom stereocenters. The third kappa shape index (κ3) is 4.82. The lowest BCUT2D eigenvalue weighted by Crippen LogP contribution is -2.20. The molecule has 94 valence electrons. The minimum absolute atomic E-state index is 0.103. The first-order valence-corrected chi connectivity index (χ1v) is 5.41. The van der Waals surface area contributed by atoms with Crippen LogP contribution in [0.4, 0.5) is 15.8 Å². The number of halogens is 1. The van der Waals surface area contributed by atoms with E-state index in [1.165, 1.54) is 0 Å². The highest BCUT2D eigenvalue weighted by Crippen LogP contribution is 2.17. The molecule has 0 saturated carbocycles. The van der Waals surface area contributed by atoms with Gasteiger partial charge in [0.05, 0.1) is 0 Å². The van der Waals surface area contributed by atoms with Crippen LogP contribution in [0.2, 0.25) is 0 Å². The number of nitrogens with two attached hydrogens (primary N) is 1. The second-order valence-electron chi connectivity index (χ2n) is 4.20. The van der Waals surface area contributed by atoms with Crippen LogP contribution in [0.25, 0.3) is 0 Å². The van der Waals surface area contributed by atoms with Crippen molar-refractivity contribution < 1.29 is 9.18 Å². The van der Waals surface area contributed by atoms with Crippen molar-refractivity contribution in [3.05, 3.63) is 23.8 Å². The van der Waals surface area contributed by atoms with Crippen LogP contribution in [0.1, 0.15) is 12.0 Å². The van der Waals surface area contributed by atoms with E-state index in [1.54, 1.807) is 18.2 Å². The van der Waals surface area contributed by atoms with Crippen molar-refractivity contribution in [3.8, 4) is 0 Å². The van der Waals surface area contributed by atoms with E-state index in [0.29, 0.717) is 29.9 Å². The Hall–Kier alpha value is -1.62. The van der Waals surface area contributed by atoms with E-state index in [9.17, 15) is 9.18 Å². The second-order valence-corrected chi connectivity index (χ2v) is 4.20. The molecule has 0 radical (unpaired) electrons. The van der Waals surface area contributed by atoms with Gasteiger partial charge in [0.25, 0.3) is 0 Å². The van der Waals surface area contributed by atoms with Crippen molar-refractivity contribution in [2.24, 2.45) is 0 Å². The Balaban J connectivity index is 2.61. The summed E-state index contributed by atoms with van der Waals surface area (Å²) in [7, 11) is 3.80. The quantitative estimate of drug-likeness (QED) is 0.768. The van der Waals surface area contributed by atoms with Gasteiger partial charge < -0.3 is 16.0 Å². The van der Waals surface area contributed by atoms with Crippen LogP contribution in [-0.4, -0.2) is 31.4 Å². The zero-order valence-corrected chi connectivity index (χ0v) is 10.2. The summed E-state index contributed by atoms with van der Waals surface area (Å²) in [6.45, 7) is 0.0791. The smallest absolute Gasteiger partial charge is 0.225 e. The molecule has 3 N–H and O–H groups in total. The Morgan fingerprint density at radius 1 is 1.41 bits per heavy atom. The molecule has 0 unspecified atom stereocenters. The first-order chi connectivity index (χ1) is 8.01. The van der Waals surface area contributed by atoms with Crippen LogP contribution < -0.4 is 11.1 Å². The molecule has 4 nitrogen and oxygen atoms in total. The molecule has 0 aliphatic carbocycles. The minimum Gasteiger partial charge on any atom is -0.399 e. The van der Waals surface area contributed by atoms with Gasteiger partial charge in [-0.3, -0.25) is 4.79 Å². The summed E-state index contributed by atoms with van der Waals surface area (Å²) in [5.74, 6) is -0.103. The number of alkyl halides is 1. The number of nitrogen functional groups attached to an aromatic ring is 1. The van der Waals surface area contributed by atoms with Gasteiger partial charge in [0.1, 0.15) is 6.67 Å². The highest BCUT2D eigenvalue weighted by molar-refractivity contribution is 5.91.